The molecule has 0 saturated heterocycles. The third-order valence-corrected chi connectivity index (χ3v) is 7.63. The Morgan fingerprint density at radius 2 is 1.74 bits per heavy atom. The van der Waals surface area contributed by atoms with Gasteiger partial charge in [-0.3, -0.25) is 9.36 Å². The molecule has 3 heterocycles. The maximum absolute atomic E-state index is 12.9. The molecule has 0 radical (unpaired) electrons. The van der Waals surface area contributed by atoms with Gasteiger partial charge < -0.3 is 15.7 Å². The average Bonchev–Trinajstić information content (AvgIpc) is 3.50. The molecular weight excluding hydrogens is 585 g/mol. The van der Waals surface area contributed by atoms with Gasteiger partial charge in [0.1, 0.15) is 6.33 Å². The van der Waals surface area contributed by atoms with E-state index in [0.717, 1.165) is 48.4 Å². The van der Waals surface area contributed by atoms with Crippen molar-refractivity contribution in [2.45, 2.75) is 32.1 Å². The Labute approximate surface area is 238 Å². The number of benzene rings is 2. The Kier molecular flexibility index (Phi) is 8.92. The maximum atomic E-state index is 12.9. The molecule has 0 unspecified atom stereocenters. The quantitative estimate of drug-likeness (QED) is 0.308. The van der Waals surface area contributed by atoms with Crippen molar-refractivity contribution >= 4 is 39.0 Å². The molecule has 2 aromatic carbocycles. The van der Waals surface area contributed by atoms with Crippen LogP contribution in [0.25, 0.3) is 21.2 Å². The Morgan fingerprint density at radius 1 is 1.07 bits per heavy atom. The summed E-state index contributed by atoms with van der Waals surface area (Å²) < 4.78 is 61.0. The van der Waals surface area contributed by atoms with Crippen LogP contribution in [0.15, 0.2) is 65.2 Å². The number of halogens is 5. The molecule has 1 aliphatic rings. The number of aryl methyl sites for hydroxylation is 1. The molecule has 3 N–H and O–H groups in total. The molecule has 1 amide bonds. The van der Waals surface area contributed by atoms with Crippen LogP contribution in [0.3, 0.4) is 0 Å². The van der Waals surface area contributed by atoms with Crippen LogP contribution in [-0.2, 0) is 29.1 Å². The highest BCUT2D eigenvalue weighted by atomic mass is 32.1. The lowest BCUT2D eigenvalue weighted by Crippen LogP contribution is -2.30. The van der Waals surface area contributed by atoms with E-state index in [1.54, 1.807) is 23.3 Å². The van der Waals surface area contributed by atoms with E-state index in [2.05, 4.69) is 23.3 Å². The van der Waals surface area contributed by atoms with Gasteiger partial charge in [0.2, 0.25) is 5.91 Å². The molecule has 2 aromatic heterocycles. The van der Waals surface area contributed by atoms with Crippen molar-refractivity contribution < 1.29 is 36.6 Å². The topological polar surface area (TPSA) is 123 Å². The number of nitrogens with zero attached hydrogens (tertiary/aromatic N) is 4. The van der Waals surface area contributed by atoms with Crippen molar-refractivity contribution in [3.05, 3.63) is 81.4 Å². The van der Waals surface area contributed by atoms with Gasteiger partial charge in [0, 0.05) is 40.9 Å². The molecule has 1 aliphatic heterocycles. The molecule has 42 heavy (non-hydrogen) atoms. The fourth-order valence-corrected chi connectivity index (χ4v) is 5.42. The van der Waals surface area contributed by atoms with Gasteiger partial charge in [0.15, 0.2) is 0 Å². The minimum atomic E-state index is -5.08. The number of alkyl halides is 3. The maximum Gasteiger partial charge on any atom is 0.490 e. The molecule has 0 aliphatic carbocycles. The van der Waals surface area contributed by atoms with E-state index in [1.165, 1.54) is 10.9 Å². The Morgan fingerprint density at radius 3 is 2.38 bits per heavy atom. The molecule has 0 atom stereocenters. The summed E-state index contributed by atoms with van der Waals surface area (Å²) in [6.07, 6.45) is -4.35. The number of hydrogen-bond acceptors (Lipinski definition) is 6. The molecule has 0 spiro atoms. The average molecular weight is 610 g/mol. The van der Waals surface area contributed by atoms with Crippen LogP contribution in [0.2, 0.25) is 0 Å². The van der Waals surface area contributed by atoms with Crippen molar-refractivity contribution in [2.75, 3.05) is 18.5 Å². The first-order valence-electron chi connectivity index (χ1n) is 12.4. The number of hydrogen-bond donors (Lipinski definition) is 2. The molecule has 0 fully saturated rings. The first-order valence-corrected chi connectivity index (χ1v) is 13.2. The van der Waals surface area contributed by atoms with E-state index in [-0.39, 0.29) is 24.6 Å². The molecule has 0 saturated carbocycles. The molecule has 15 heteroatoms. The second-order valence-corrected chi connectivity index (χ2v) is 10.5. The summed E-state index contributed by atoms with van der Waals surface area (Å²) in [5.74, 6) is -2.62. The van der Waals surface area contributed by atoms with Gasteiger partial charge in [-0.15, -0.1) is 11.3 Å². The van der Waals surface area contributed by atoms with Crippen molar-refractivity contribution in [2.24, 2.45) is 5.73 Å². The van der Waals surface area contributed by atoms with E-state index in [0.29, 0.717) is 13.0 Å². The minimum absolute atomic E-state index is 0.133. The van der Waals surface area contributed by atoms with Crippen molar-refractivity contribution in [1.82, 2.24) is 14.3 Å². The predicted octanol–water partition coefficient (Wildman–Crippen LogP) is 4.63. The number of aromatic nitrogens is 3. The molecular formula is C27H24F5N5O4S. The zero-order valence-electron chi connectivity index (χ0n) is 22.0. The Bertz CT molecular complexity index is 1740. The fraction of sp³-hybridized carbons (Fsp3) is 0.259. The van der Waals surface area contributed by atoms with Crippen LogP contribution in [0.5, 0.6) is 0 Å². The first-order chi connectivity index (χ1) is 19.8. The van der Waals surface area contributed by atoms with Crippen LogP contribution in [0.1, 0.15) is 16.9 Å². The largest absolute Gasteiger partial charge is 0.490 e. The number of anilines is 1. The number of rotatable bonds is 6. The van der Waals surface area contributed by atoms with Gasteiger partial charge in [-0.2, -0.15) is 27.1 Å². The highest BCUT2D eigenvalue weighted by Crippen LogP contribution is 2.34. The summed E-state index contributed by atoms with van der Waals surface area (Å²) in [5.41, 5.74) is 8.85. The number of amides is 1. The van der Waals surface area contributed by atoms with Crippen LogP contribution in [0, 0.1) is 0 Å². The summed E-state index contributed by atoms with van der Waals surface area (Å²) in [6.45, 7) is -0.364. The lowest BCUT2D eigenvalue weighted by atomic mass is 9.96. The summed E-state index contributed by atoms with van der Waals surface area (Å²) >= 11 is 1.57. The van der Waals surface area contributed by atoms with Crippen molar-refractivity contribution in [3.63, 3.8) is 0 Å². The van der Waals surface area contributed by atoms with Crippen LogP contribution in [-0.4, -0.2) is 51.1 Å². The number of carbonyl (C=O) groups is 2. The Balaban J connectivity index is 0.000000517. The molecule has 9 nitrogen and oxygen atoms in total. The highest BCUT2D eigenvalue weighted by molar-refractivity contribution is 7.19. The van der Waals surface area contributed by atoms with Crippen molar-refractivity contribution in [1.29, 1.82) is 0 Å². The number of carboxylic acid groups (broad SMARTS) is 1. The summed E-state index contributed by atoms with van der Waals surface area (Å²) in [5, 5.41) is 12.1. The standard InChI is InChI=1S/C25H23F2N5O2S.C2HF3O2/c1-30-21-6-4-15(8-17(21)5-7-23(30)33)16-2-3-18-9-20(35-22(18)10-16)13-31-14-29-32(25(31)34)12-19(11-28)24(26)27;3-2(4,5)1(6)7/h2-4,6,8-10,14H,5,7,11-13,28H2,1H3;(H,6,7). The number of carbonyl (C=O) groups excluding carboxylic acids is 1. The van der Waals surface area contributed by atoms with E-state index in [9.17, 15) is 31.5 Å². The molecule has 4 aromatic rings. The van der Waals surface area contributed by atoms with Gasteiger partial charge >= 0.3 is 17.8 Å². The third kappa shape index (κ3) is 6.74. The van der Waals surface area contributed by atoms with Crippen LogP contribution >= 0.6 is 11.3 Å². The van der Waals surface area contributed by atoms with Gasteiger partial charge in [0.25, 0.3) is 6.08 Å². The number of fused-ring (bicyclic) bond motifs is 2. The summed E-state index contributed by atoms with van der Waals surface area (Å²) in [6, 6.07) is 14.4. The highest BCUT2D eigenvalue weighted by Gasteiger charge is 2.38. The van der Waals surface area contributed by atoms with Gasteiger partial charge in [0.05, 0.1) is 13.1 Å². The van der Waals surface area contributed by atoms with Crippen LogP contribution < -0.4 is 16.3 Å². The minimum Gasteiger partial charge on any atom is -0.475 e. The second kappa shape index (κ2) is 12.2. The first kappa shape index (κ1) is 30.6. The number of thiophene rings is 1. The van der Waals surface area contributed by atoms with E-state index in [1.807, 2.05) is 24.3 Å². The van der Waals surface area contributed by atoms with Gasteiger partial charge in [-0.1, -0.05) is 18.2 Å². The second-order valence-electron chi connectivity index (χ2n) is 9.33. The lowest BCUT2D eigenvalue weighted by Gasteiger charge is -2.26. The van der Waals surface area contributed by atoms with E-state index < -0.39 is 23.9 Å². The van der Waals surface area contributed by atoms with E-state index in [4.69, 9.17) is 15.6 Å². The van der Waals surface area contributed by atoms with Gasteiger partial charge in [-0.25, -0.2) is 14.3 Å². The Hall–Kier alpha value is -4.37. The summed E-state index contributed by atoms with van der Waals surface area (Å²) in [7, 11) is 1.81. The molecule has 222 valence electrons. The van der Waals surface area contributed by atoms with Crippen LogP contribution in [0.4, 0.5) is 27.6 Å². The number of aliphatic carboxylic acids is 1. The van der Waals surface area contributed by atoms with Crippen molar-refractivity contribution in [3.8, 4) is 11.1 Å². The van der Waals surface area contributed by atoms with Gasteiger partial charge in [-0.05, 0) is 52.8 Å². The number of nitrogens with two attached hydrogens (primary N) is 1. The SMILES string of the molecule is CN1C(=O)CCc2cc(-c3ccc4cc(Cn5cnn(CC(CN)=C(F)F)c5=O)sc4c3)ccc21.O=C(O)C(F)(F)F. The smallest absolute Gasteiger partial charge is 0.475 e. The fourth-order valence-electron chi connectivity index (χ4n) is 4.32. The number of carboxylic acids is 1. The zero-order valence-corrected chi connectivity index (χ0v) is 22.8. The molecule has 5 rings (SSSR count). The monoisotopic (exact) mass is 609 g/mol. The predicted molar refractivity (Wildman–Crippen MR) is 147 cm³/mol. The summed E-state index contributed by atoms with van der Waals surface area (Å²) in [4.78, 5) is 36.1. The van der Waals surface area contributed by atoms with E-state index >= 15 is 0 Å². The lowest BCUT2D eigenvalue weighted by molar-refractivity contribution is -0.192. The molecule has 0 bridgehead atoms. The third-order valence-electron chi connectivity index (χ3n) is 6.55. The normalized spacial score (nSPS) is 13.0. The zero-order chi connectivity index (χ0) is 30.8.